The van der Waals surface area contributed by atoms with E-state index in [9.17, 15) is 9.59 Å². The van der Waals surface area contributed by atoms with E-state index >= 15 is 0 Å². The van der Waals surface area contributed by atoms with Crippen molar-refractivity contribution in [2.75, 3.05) is 33.9 Å². The molecule has 0 fully saturated rings. The molecule has 0 saturated carbocycles. The number of hydrogen-bond acceptors (Lipinski definition) is 5. The molecule has 0 rings (SSSR count). The molecule has 1 unspecified atom stereocenters. The Hall–Kier alpha value is -0.850. The van der Waals surface area contributed by atoms with Gasteiger partial charge in [-0.1, -0.05) is 13.8 Å². The largest absolute Gasteiger partial charge is 0.467 e. The second-order valence-corrected chi connectivity index (χ2v) is 4.44. The van der Waals surface area contributed by atoms with E-state index in [-0.39, 0.29) is 24.9 Å². The molecule has 19 heavy (non-hydrogen) atoms. The Morgan fingerprint density at radius 2 is 1.84 bits per heavy atom. The molecule has 0 spiro atoms. The SMILES string of the molecule is COCCNCC(=O)NC(CC(C)C)C(=O)OC.Cl. The number of rotatable bonds is 9. The smallest absolute Gasteiger partial charge is 0.328 e. The second kappa shape index (κ2) is 12.2. The van der Waals surface area contributed by atoms with Crippen molar-refractivity contribution in [2.45, 2.75) is 26.3 Å². The van der Waals surface area contributed by atoms with Gasteiger partial charge in [0.1, 0.15) is 6.04 Å². The van der Waals surface area contributed by atoms with Crippen LogP contribution in [0.4, 0.5) is 0 Å². The number of hydrogen-bond donors (Lipinski definition) is 2. The van der Waals surface area contributed by atoms with Crippen LogP contribution in [0.2, 0.25) is 0 Å². The molecule has 0 radical (unpaired) electrons. The van der Waals surface area contributed by atoms with Crippen LogP contribution in [-0.4, -0.2) is 51.8 Å². The van der Waals surface area contributed by atoms with Crippen molar-refractivity contribution < 1.29 is 19.1 Å². The highest BCUT2D eigenvalue weighted by molar-refractivity contribution is 5.85. The maximum atomic E-state index is 11.6. The molecule has 0 aliphatic rings. The van der Waals surface area contributed by atoms with Gasteiger partial charge in [0.05, 0.1) is 20.3 Å². The molecule has 0 heterocycles. The summed E-state index contributed by atoms with van der Waals surface area (Å²) in [6, 6.07) is -0.577. The van der Waals surface area contributed by atoms with Crippen molar-refractivity contribution in [1.29, 1.82) is 0 Å². The molecule has 1 amide bonds. The average Bonchev–Trinajstić information content (AvgIpc) is 2.32. The van der Waals surface area contributed by atoms with Crippen molar-refractivity contribution >= 4 is 24.3 Å². The first-order chi connectivity index (χ1) is 8.51. The molecule has 6 nitrogen and oxygen atoms in total. The van der Waals surface area contributed by atoms with Crippen LogP contribution in [0.1, 0.15) is 20.3 Å². The summed E-state index contributed by atoms with van der Waals surface area (Å²) in [7, 11) is 2.91. The normalized spacial score (nSPS) is 11.6. The predicted molar refractivity (Wildman–Crippen MR) is 75.4 cm³/mol. The first-order valence-corrected chi connectivity index (χ1v) is 6.08. The Morgan fingerprint density at radius 3 is 2.32 bits per heavy atom. The highest BCUT2D eigenvalue weighted by Crippen LogP contribution is 2.05. The molecule has 0 aromatic rings. The lowest BCUT2D eigenvalue weighted by molar-refractivity contribution is -0.145. The summed E-state index contributed by atoms with van der Waals surface area (Å²) in [4.78, 5) is 23.1. The quantitative estimate of drug-likeness (QED) is 0.474. The molecule has 0 saturated heterocycles. The van der Waals surface area contributed by atoms with Gasteiger partial charge < -0.3 is 20.1 Å². The Labute approximate surface area is 121 Å². The molecular formula is C12H25ClN2O4. The van der Waals surface area contributed by atoms with E-state index in [1.165, 1.54) is 7.11 Å². The zero-order valence-corrected chi connectivity index (χ0v) is 12.8. The summed E-state index contributed by atoms with van der Waals surface area (Å²) in [5, 5.41) is 5.57. The van der Waals surface area contributed by atoms with E-state index in [0.29, 0.717) is 25.5 Å². The third kappa shape index (κ3) is 10.7. The van der Waals surface area contributed by atoms with Crippen LogP contribution in [0.25, 0.3) is 0 Å². The summed E-state index contributed by atoms with van der Waals surface area (Å²) in [5.41, 5.74) is 0. The Kier molecular flexibility index (Phi) is 13.1. The maximum absolute atomic E-state index is 11.6. The van der Waals surface area contributed by atoms with Gasteiger partial charge in [0.15, 0.2) is 0 Å². The molecule has 7 heteroatoms. The van der Waals surface area contributed by atoms with Crippen LogP contribution in [0, 0.1) is 5.92 Å². The maximum Gasteiger partial charge on any atom is 0.328 e. The minimum Gasteiger partial charge on any atom is -0.467 e. The van der Waals surface area contributed by atoms with Crippen molar-refractivity contribution in [3.05, 3.63) is 0 Å². The van der Waals surface area contributed by atoms with Gasteiger partial charge >= 0.3 is 5.97 Å². The van der Waals surface area contributed by atoms with Crippen LogP contribution < -0.4 is 10.6 Å². The number of methoxy groups -OCH3 is 2. The molecule has 0 bridgehead atoms. The van der Waals surface area contributed by atoms with Gasteiger partial charge in [-0.05, 0) is 12.3 Å². The fourth-order valence-corrected chi connectivity index (χ4v) is 1.45. The average molecular weight is 297 g/mol. The first-order valence-electron chi connectivity index (χ1n) is 6.08. The van der Waals surface area contributed by atoms with E-state index in [1.54, 1.807) is 7.11 Å². The van der Waals surface area contributed by atoms with Gasteiger partial charge in [-0.15, -0.1) is 12.4 Å². The Balaban J connectivity index is 0. The lowest BCUT2D eigenvalue weighted by Crippen LogP contribution is -2.46. The van der Waals surface area contributed by atoms with E-state index in [0.717, 1.165) is 0 Å². The minimum atomic E-state index is -0.577. The van der Waals surface area contributed by atoms with Crippen LogP contribution in [0.15, 0.2) is 0 Å². The second-order valence-electron chi connectivity index (χ2n) is 4.44. The van der Waals surface area contributed by atoms with Gasteiger partial charge in [0, 0.05) is 13.7 Å². The summed E-state index contributed by atoms with van der Waals surface area (Å²) in [6.45, 7) is 5.27. The lowest BCUT2D eigenvalue weighted by Gasteiger charge is -2.18. The van der Waals surface area contributed by atoms with Crippen molar-refractivity contribution in [3.63, 3.8) is 0 Å². The van der Waals surface area contributed by atoms with E-state index in [2.05, 4.69) is 15.4 Å². The summed E-state index contributed by atoms with van der Waals surface area (Å²) < 4.78 is 9.51. The van der Waals surface area contributed by atoms with Gasteiger partial charge in [-0.2, -0.15) is 0 Å². The van der Waals surface area contributed by atoms with E-state index in [4.69, 9.17) is 4.74 Å². The fraction of sp³-hybridized carbons (Fsp3) is 0.833. The molecule has 1 atom stereocenters. The van der Waals surface area contributed by atoms with Crippen molar-refractivity contribution in [2.24, 2.45) is 5.92 Å². The van der Waals surface area contributed by atoms with Crippen molar-refractivity contribution in [3.8, 4) is 0 Å². The number of carbonyl (C=O) groups excluding carboxylic acids is 2. The third-order valence-electron chi connectivity index (χ3n) is 2.30. The van der Waals surface area contributed by atoms with Gasteiger partial charge in [0.2, 0.25) is 5.91 Å². The summed E-state index contributed by atoms with van der Waals surface area (Å²) in [5.74, 6) is -0.327. The zero-order chi connectivity index (χ0) is 14.0. The van der Waals surface area contributed by atoms with Gasteiger partial charge in [-0.3, -0.25) is 4.79 Å². The van der Waals surface area contributed by atoms with E-state index < -0.39 is 12.0 Å². The molecule has 0 aromatic heterocycles. The number of carbonyl (C=O) groups is 2. The van der Waals surface area contributed by atoms with E-state index in [1.807, 2.05) is 13.8 Å². The zero-order valence-electron chi connectivity index (χ0n) is 12.0. The summed E-state index contributed by atoms with van der Waals surface area (Å²) in [6.07, 6.45) is 0.566. The number of esters is 1. The summed E-state index contributed by atoms with van der Waals surface area (Å²) >= 11 is 0. The van der Waals surface area contributed by atoms with Gasteiger partial charge in [0.25, 0.3) is 0 Å². The predicted octanol–water partition coefficient (Wildman–Crippen LogP) is 0.348. The fourth-order valence-electron chi connectivity index (χ4n) is 1.45. The molecular weight excluding hydrogens is 272 g/mol. The molecule has 0 aromatic carbocycles. The number of nitrogens with one attached hydrogen (secondary N) is 2. The number of amides is 1. The topological polar surface area (TPSA) is 76.7 Å². The molecule has 0 aliphatic carbocycles. The molecule has 0 aliphatic heterocycles. The molecule has 114 valence electrons. The number of halogens is 1. The highest BCUT2D eigenvalue weighted by Gasteiger charge is 2.22. The molecule has 2 N–H and O–H groups in total. The highest BCUT2D eigenvalue weighted by atomic mass is 35.5. The monoisotopic (exact) mass is 296 g/mol. The minimum absolute atomic E-state index is 0. The van der Waals surface area contributed by atoms with Gasteiger partial charge in [-0.25, -0.2) is 4.79 Å². The van der Waals surface area contributed by atoms with Crippen LogP contribution >= 0.6 is 12.4 Å². The Bertz CT molecular complexity index is 262. The third-order valence-corrected chi connectivity index (χ3v) is 2.30. The number of ether oxygens (including phenoxy) is 2. The van der Waals surface area contributed by atoms with Crippen LogP contribution in [-0.2, 0) is 19.1 Å². The standard InChI is InChI=1S/C12H24N2O4.ClH/c1-9(2)7-10(12(16)18-4)14-11(15)8-13-5-6-17-3;/h9-10,13H,5-8H2,1-4H3,(H,14,15);1H. The van der Waals surface area contributed by atoms with Crippen molar-refractivity contribution in [1.82, 2.24) is 10.6 Å². The van der Waals surface area contributed by atoms with Crippen LogP contribution in [0.3, 0.4) is 0 Å². The first kappa shape index (κ1) is 20.5. The van der Waals surface area contributed by atoms with Crippen LogP contribution in [0.5, 0.6) is 0 Å². The Morgan fingerprint density at radius 1 is 1.21 bits per heavy atom. The lowest BCUT2D eigenvalue weighted by atomic mass is 10.0.